The molecule has 0 spiro atoms. The number of aromatic carboxylic acids is 1. The Hall–Kier alpha value is -3.23. The number of carbonyl (C=O) groups is 2. The number of hydrogen-bond acceptors (Lipinski definition) is 5. The highest BCUT2D eigenvalue weighted by Gasteiger charge is 2.29. The van der Waals surface area contributed by atoms with Gasteiger partial charge in [0.2, 0.25) is 5.69 Å². The fraction of sp³-hybridized carbons (Fsp3) is 0.214. The van der Waals surface area contributed by atoms with Crippen molar-refractivity contribution in [1.29, 1.82) is 0 Å². The minimum absolute atomic E-state index is 0.00147. The molecule has 1 amide bonds. The predicted octanol–water partition coefficient (Wildman–Crippen LogP) is 1.90. The molecule has 0 aliphatic rings. The zero-order valence-electron chi connectivity index (χ0n) is 12.7. The summed E-state index contributed by atoms with van der Waals surface area (Å²) in [6.45, 7) is 3.12. The first-order chi connectivity index (χ1) is 10.7. The van der Waals surface area contributed by atoms with Crippen molar-refractivity contribution in [2.75, 3.05) is 5.32 Å². The van der Waals surface area contributed by atoms with Crippen LogP contribution in [-0.4, -0.2) is 31.7 Å². The molecule has 0 unspecified atom stereocenters. The summed E-state index contributed by atoms with van der Waals surface area (Å²) in [6, 6.07) is 4.25. The Morgan fingerprint density at radius 1 is 1.35 bits per heavy atom. The third-order valence-corrected chi connectivity index (χ3v) is 3.32. The standard InChI is InChI=1S/C14H14N4O5/c1-7-4-5-9(14(20)21)6-10(7)15-13(19)12-11(18(22)23)8(2)16-17(12)3/h4-6H,1-3H3,(H,15,19)(H,20,21). The van der Waals surface area contributed by atoms with E-state index in [9.17, 15) is 19.7 Å². The highest BCUT2D eigenvalue weighted by Crippen LogP contribution is 2.24. The average molecular weight is 318 g/mol. The van der Waals surface area contributed by atoms with E-state index >= 15 is 0 Å². The first-order valence-electron chi connectivity index (χ1n) is 6.55. The number of carbonyl (C=O) groups excluding carboxylic acids is 1. The van der Waals surface area contributed by atoms with Crippen LogP contribution in [0.4, 0.5) is 11.4 Å². The maximum absolute atomic E-state index is 12.4. The van der Waals surface area contributed by atoms with E-state index in [0.717, 1.165) is 4.68 Å². The lowest BCUT2D eigenvalue weighted by atomic mass is 10.1. The molecular weight excluding hydrogens is 304 g/mol. The van der Waals surface area contributed by atoms with Crippen molar-refractivity contribution in [1.82, 2.24) is 9.78 Å². The predicted molar refractivity (Wildman–Crippen MR) is 80.7 cm³/mol. The summed E-state index contributed by atoms with van der Waals surface area (Å²) in [5.74, 6) is -1.87. The van der Waals surface area contributed by atoms with E-state index in [-0.39, 0.29) is 28.3 Å². The molecule has 2 N–H and O–H groups in total. The van der Waals surface area contributed by atoms with Gasteiger partial charge in [-0.05, 0) is 31.5 Å². The van der Waals surface area contributed by atoms with Crippen molar-refractivity contribution in [3.8, 4) is 0 Å². The maximum atomic E-state index is 12.4. The Morgan fingerprint density at radius 2 is 2.00 bits per heavy atom. The number of hydrogen-bond donors (Lipinski definition) is 2. The van der Waals surface area contributed by atoms with E-state index in [1.807, 2.05) is 0 Å². The lowest BCUT2D eigenvalue weighted by molar-refractivity contribution is -0.385. The molecule has 0 saturated heterocycles. The van der Waals surface area contributed by atoms with Gasteiger partial charge in [0.1, 0.15) is 5.69 Å². The van der Waals surface area contributed by atoms with Gasteiger partial charge in [-0.2, -0.15) is 5.10 Å². The Kier molecular flexibility index (Phi) is 4.12. The summed E-state index contributed by atoms with van der Waals surface area (Å²) in [5.41, 5.74) is 0.442. The third-order valence-electron chi connectivity index (χ3n) is 3.32. The van der Waals surface area contributed by atoms with Gasteiger partial charge < -0.3 is 10.4 Å². The first-order valence-corrected chi connectivity index (χ1v) is 6.55. The topological polar surface area (TPSA) is 127 Å². The Labute approximate surface area is 130 Å². The van der Waals surface area contributed by atoms with Crippen LogP contribution in [0.3, 0.4) is 0 Å². The summed E-state index contributed by atoms with van der Waals surface area (Å²) >= 11 is 0. The Balaban J connectivity index is 2.43. The van der Waals surface area contributed by atoms with E-state index in [1.165, 1.54) is 26.1 Å². The third kappa shape index (κ3) is 3.03. The van der Waals surface area contributed by atoms with E-state index in [2.05, 4.69) is 10.4 Å². The molecule has 2 aromatic rings. The molecule has 1 aromatic carbocycles. The van der Waals surface area contributed by atoms with Crippen LogP contribution in [0.25, 0.3) is 0 Å². The van der Waals surface area contributed by atoms with Crippen LogP contribution < -0.4 is 5.32 Å². The number of carboxylic acids is 1. The molecule has 9 nitrogen and oxygen atoms in total. The Bertz CT molecular complexity index is 825. The summed E-state index contributed by atoms with van der Waals surface area (Å²) < 4.78 is 1.12. The molecule has 0 saturated carbocycles. The van der Waals surface area contributed by atoms with Crippen LogP contribution in [0.1, 0.15) is 32.1 Å². The number of rotatable bonds is 4. The lowest BCUT2D eigenvalue weighted by Gasteiger charge is -2.09. The summed E-state index contributed by atoms with van der Waals surface area (Å²) in [4.78, 5) is 33.8. The van der Waals surface area contributed by atoms with Crippen LogP contribution >= 0.6 is 0 Å². The van der Waals surface area contributed by atoms with Gasteiger partial charge in [0, 0.05) is 12.7 Å². The SMILES string of the molecule is Cc1ccc(C(=O)O)cc1NC(=O)c1c([N+](=O)[O-])c(C)nn1C. The van der Waals surface area contributed by atoms with Crippen molar-refractivity contribution >= 4 is 23.3 Å². The highest BCUT2D eigenvalue weighted by molar-refractivity contribution is 6.06. The molecule has 120 valence electrons. The zero-order chi connectivity index (χ0) is 17.3. The van der Waals surface area contributed by atoms with Crippen molar-refractivity contribution in [3.05, 3.63) is 50.8 Å². The molecule has 0 atom stereocenters. The molecule has 0 bridgehead atoms. The number of nitro groups is 1. The molecular formula is C14H14N4O5. The second-order valence-electron chi connectivity index (χ2n) is 4.95. The van der Waals surface area contributed by atoms with Crippen LogP contribution in [0.15, 0.2) is 18.2 Å². The molecule has 2 rings (SSSR count). The van der Waals surface area contributed by atoms with Crippen LogP contribution in [0, 0.1) is 24.0 Å². The molecule has 0 radical (unpaired) electrons. The lowest BCUT2D eigenvalue weighted by Crippen LogP contribution is -2.18. The van der Waals surface area contributed by atoms with Crippen LogP contribution in [0.2, 0.25) is 0 Å². The van der Waals surface area contributed by atoms with Crippen molar-refractivity contribution in [3.63, 3.8) is 0 Å². The molecule has 23 heavy (non-hydrogen) atoms. The van der Waals surface area contributed by atoms with Crippen molar-refractivity contribution in [2.45, 2.75) is 13.8 Å². The van der Waals surface area contributed by atoms with Gasteiger partial charge in [0.05, 0.1) is 10.5 Å². The summed E-state index contributed by atoms with van der Waals surface area (Å²) in [5, 5.41) is 26.5. The number of aromatic nitrogens is 2. The second kappa shape index (κ2) is 5.87. The number of benzene rings is 1. The van der Waals surface area contributed by atoms with Gasteiger partial charge in [-0.3, -0.25) is 19.6 Å². The van der Waals surface area contributed by atoms with Gasteiger partial charge in [0.25, 0.3) is 5.91 Å². The maximum Gasteiger partial charge on any atom is 0.335 e. The van der Waals surface area contributed by atoms with E-state index in [4.69, 9.17) is 5.11 Å². The van der Waals surface area contributed by atoms with Gasteiger partial charge in [-0.25, -0.2) is 4.79 Å². The largest absolute Gasteiger partial charge is 0.478 e. The Morgan fingerprint density at radius 3 is 2.57 bits per heavy atom. The van der Waals surface area contributed by atoms with Crippen LogP contribution in [0.5, 0.6) is 0 Å². The van der Waals surface area contributed by atoms with Gasteiger partial charge >= 0.3 is 11.7 Å². The number of nitrogens with zero attached hydrogens (tertiary/aromatic N) is 3. The number of carboxylic acid groups (broad SMARTS) is 1. The number of aryl methyl sites for hydroxylation is 3. The normalized spacial score (nSPS) is 10.4. The quantitative estimate of drug-likeness (QED) is 0.654. The number of anilines is 1. The van der Waals surface area contributed by atoms with Gasteiger partial charge in [0.15, 0.2) is 0 Å². The minimum atomic E-state index is -1.14. The molecule has 0 aliphatic carbocycles. The van der Waals surface area contributed by atoms with Crippen molar-refractivity contribution < 1.29 is 19.6 Å². The smallest absolute Gasteiger partial charge is 0.335 e. The van der Waals surface area contributed by atoms with Crippen molar-refractivity contribution in [2.24, 2.45) is 7.05 Å². The van der Waals surface area contributed by atoms with E-state index in [0.29, 0.717) is 5.56 Å². The average Bonchev–Trinajstić information content (AvgIpc) is 2.75. The zero-order valence-corrected chi connectivity index (χ0v) is 12.7. The summed E-state index contributed by atoms with van der Waals surface area (Å²) in [6.07, 6.45) is 0. The molecule has 1 heterocycles. The van der Waals surface area contributed by atoms with Crippen LogP contribution in [-0.2, 0) is 7.05 Å². The monoisotopic (exact) mass is 318 g/mol. The van der Waals surface area contributed by atoms with Gasteiger partial charge in [-0.15, -0.1) is 0 Å². The minimum Gasteiger partial charge on any atom is -0.478 e. The van der Waals surface area contributed by atoms with E-state index < -0.39 is 16.8 Å². The molecule has 0 aliphatic heterocycles. The molecule has 9 heteroatoms. The molecule has 0 fully saturated rings. The summed E-state index contributed by atoms with van der Waals surface area (Å²) in [7, 11) is 1.43. The van der Waals surface area contributed by atoms with Gasteiger partial charge in [-0.1, -0.05) is 6.07 Å². The van der Waals surface area contributed by atoms with E-state index in [1.54, 1.807) is 13.0 Å². The molecule has 1 aromatic heterocycles. The number of amides is 1. The fourth-order valence-corrected chi connectivity index (χ4v) is 2.19. The first kappa shape index (κ1) is 16.1. The highest BCUT2D eigenvalue weighted by atomic mass is 16.6. The number of nitrogens with one attached hydrogen (secondary N) is 1. The fourth-order valence-electron chi connectivity index (χ4n) is 2.19. The second-order valence-corrected chi connectivity index (χ2v) is 4.95.